The van der Waals surface area contributed by atoms with E-state index in [0.29, 0.717) is 22.3 Å². The molecule has 0 aromatic heterocycles. The molecule has 0 unspecified atom stereocenters. The smallest absolute Gasteiger partial charge is 0.321 e. The minimum Gasteiger partial charge on any atom is -0.507 e. The van der Waals surface area contributed by atoms with Crippen LogP contribution in [0.4, 0.5) is 9.59 Å². The van der Waals surface area contributed by atoms with Crippen LogP contribution in [0.15, 0.2) is 34.3 Å². The Labute approximate surface area is 296 Å². The monoisotopic (exact) mass is 692 g/mol. The molecule has 0 aliphatic carbocycles. The van der Waals surface area contributed by atoms with Crippen LogP contribution in [0.5, 0.6) is 11.5 Å². The van der Waals surface area contributed by atoms with E-state index in [1.807, 2.05) is 53.7 Å². The van der Waals surface area contributed by atoms with Crippen LogP contribution in [0, 0.1) is 0 Å². The van der Waals surface area contributed by atoms with Crippen LogP contribution < -0.4 is 21.3 Å². The number of imide groups is 2. The standard InChI is InChI=1S/C38H56N6O6/c1-35(2,3)27-15-23(19-29(45)41-33(49)43-37(7,8)9)31(47)25(17-27)21-39-13-14-40-22-26-18-28(36(4,5)6)16-24(32(26)48)20-30(46)42-34(50)44-38(10,11)12/h15-18,21-22,47-48H,13-14,19-20H2,1-12H3,(H2,41,43,45,49)(H2,42,44,46,50). The average Bonchev–Trinajstić information content (AvgIpc) is 2.90. The van der Waals surface area contributed by atoms with Gasteiger partial charge >= 0.3 is 12.1 Å². The maximum atomic E-state index is 12.7. The minimum atomic E-state index is -0.614. The van der Waals surface area contributed by atoms with Gasteiger partial charge in [0.25, 0.3) is 0 Å². The van der Waals surface area contributed by atoms with Crippen LogP contribution in [0.25, 0.3) is 0 Å². The summed E-state index contributed by atoms with van der Waals surface area (Å²) in [4.78, 5) is 58.6. The molecule has 0 aliphatic heterocycles. The molecule has 274 valence electrons. The predicted octanol–water partition coefficient (Wildman–Crippen LogP) is 5.56. The molecule has 0 spiro atoms. The molecule has 0 atom stereocenters. The van der Waals surface area contributed by atoms with Crippen molar-refractivity contribution in [1.29, 1.82) is 0 Å². The zero-order valence-electron chi connectivity index (χ0n) is 31.7. The van der Waals surface area contributed by atoms with E-state index in [-0.39, 0.29) is 48.3 Å². The zero-order valence-corrected chi connectivity index (χ0v) is 31.7. The number of aliphatic imine (C=N–C) groups is 2. The first-order valence-corrected chi connectivity index (χ1v) is 16.7. The third-order valence-electron chi connectivity index (χ3n) is 7.17. The molecule has 0 bridgehead atoms. The van der Waals surface area contributed by atoms with E-state index in [4.69, 9.17) is 0 Å². The number of hydrogen-bond donors (Lipinski definition) is 6. The number of phenolic OH excluding ortho intramolecular Hbond substituents is 2. The van der Waals surface area contributed by atoms with Gasteiger partial charge in [-0.25, -0.2) is 9.59 Å². The van der Waals surface area contributed by atoms with Gasteiger partial charge < -0.3 is 20.8 Å². The number of nitrogens with one attached hydrogen (secondary N) is 4. The summed E-state index contributed by atoms with van der Waals surface area (Å²) in [5, 5.41) is 32.0. The van der Waals surface area contributed by atoms with Crippen LogP contribution in [0.3, 0.4) is 0 Å². The fourth-order valence-electron chi connectivity index (χ4n) is 4.64. The van der Waals surface area contributed by atoms with E-state index in [9.17, 15) is 29.4 Å². The topological polar surface area (TPSA) is 182 Å². The molecule has 0 radical (unpaired) electrons. The van der Waals surface area contributed by atoms with Gasteiger partial charge in [0.05, 0.1) is 25.9 Å². The lowest BCUT2D eigenvalue weighted by atomic mass is 9.84. The highest BCUT2D eigenvalue weighted by Crippen LogP contribution is 2.32. The average molecular weight is 693 g/mol. The Bertz CT molecular complexity index is 1510. The van der Waals surface area contributed by atoms with Gasteiger partial charge in [-0.1, -0.05) is 53.7 Å². The van der Waals surface area contributed by atoms with Crippen molar-refractivity contribution in [2.24, 2.45) is 9.98 Å². The molecule has 0 aliphatic rings. The van der Waals surface area contributed by atoms with Gasteiger partial charge in [-0.2, -0.15) is 0 Å². The van der Waals surface area contributed by atoms with Crippen LogP contribution in [0.2, 0.25) is 0 Å². The van der Waals surface area contributed by atoms with E-state index in [0.717, 1.165) is 11.1 Å². The molecule has 0 saturated carbocycles. The summed E-state index contributed by atoms with van der Waals surface area (Å²) in [6.07, 6.45) is 2.64. The molecule has 0 fully saturated rings. The second-order valence-electron chi connectivity index (χ2n) is 16.6. The predicted molar refractivity (Wildman–Crippen MR) is 199 cm³/mol. The number of aromatic hydroxyl groups is 2. The molecule has 12 heteroatoms. The Morgan fingerprint density at radius 1 is 0.580 bits per heavy atom. The normalized spacial score (nSPS) is 12.6. The van der Waals surface area contributed by atoms with Crippen molar-refractivity contribution >= 4 is 36.3 Å². The summed E-state index contributed by atoms with van der Waals surface area (Å²) in [5.41, 5.74) is 1.73. The molecule has 2 aromatic carbocycles. The van der Waals surface area contributed by atoms with E-state index in [2.05, 4.69) is 31.3 Å². The third kappa shape index (κ3) is 14.0. The molecule has 2 aromatic rings. The number of rotatable bonds is 9. The van der Waals surface area contributed by atoms with Gasteiger partial charge in [-0.05, 0) is 75.6 Å². The SMILES string of the molecule is CC(C)(C)NC(=O)NC(=O)Cc1cc(C(C)(C)C)cc(C=NCCN=Cc2cc(C(C)(C)C)cc(CC(=O)NC(=O)NC(C)(C)C)c2O)c1O. The van der Waals surface area contributed by atoms with Crippen molar-refractivity contribution in [2.45, 2.75) is 118 Å². The lowest BCUT2D eigenvalue weighted by Gasteiger charge is -2.22. The van der Waals surface area contributed by atoms with Crippen LogP contribution in [-0.2, 0) is 33.3 Å². The van der Waals surface area contributed by atoms with Crippen LogP contribution in [0.1, 0.15) is 116 Å². The van der Waals surface area contributed by atoms with Crippen molar-refractivity contribution in [3.63, 3.8) is 0 Å². The largest absolute Gasteiger partial charge is 0.507 e. The molecular formula is C38H56N6O6. The lowest BCUT2D eigenvalue weighted by molar-refractivity contribution is -0.120. The van der Waals surface area contributed by atoms with E-state index in [1.54, 1.807) is 53.7 Å². The molecule has 6 amide bonds. The van der Waals surface area contributed by atoms with E-state index >= 15 is 0 Å². The zero-order chi connectivity index (χ0) is 38.2. The first kappa shape index (κ1) is 41.4. The molecule has 50 heavy (non-hydrogen) atoms. The Morgan fingerprint density at radius 2 is 0.900 bits per heavy atom. The number of hydrogen-bond acceptors (Lipinski definition) is 8. The van der Waals surface area contributed by atoms with E-state index < -0.39 is 35.0 Å². The highest BCUT2D eigenvalue weighted by molar-refractivity contribution is 5.97. The van der Waals surface area contributed by atoms with Gasteiger partial charge in [-0.3, -0.25) is 30.2 Å². The quantitative estimate of drug-likeness (QED) is 0.148. The summed E-state index contributed by atoms with van der Waals surface area (Å²) in [6, 6.07) is 5.92. The Morgan fingerprint density at radius 3 is 1.18 bits per heavy atom. The van der Waals surface area contributed by atoms with Gasteiger partial charge in [-0.15, -0.1) is 0 Å². The number of phenols is 2. The number of benzene rings is 2. The maximum absolute atomic E-state index is 12.7. The second-order valence-corrected chi connectivity index (χ2v) is 16.6. The lowest BCUT2D eigenvalue weighted by Crippen LogP contribution is -2.48. The second kappa shape index (κ2) is 16.3. The molecule has 0 heterocycles. The van der Waals surface area contributed by atoms with Crippen molar-refractivity contribution in [3.05, 3.63) is 57.6 Å². The fourth-order valence-corrected chi connectivity index (χ4v) is 4.64. The highest BCUT2D eigenvalue weighted by atomic mass is 16.3. The van der Waals surface area contributed by atoms with Gasteiger partial charge in [0.15, 0.2) is 0 Å². The summed E-state index contributed by atoms with van der Waals surface area (Å²) < 4.78 is 0. The van der Waals surface area contributed by atoms with Crippen LogP contribution >= 0.6 is 0 Å². The number of nitrogens with zero attached hydrogens (tertiary/aromatic N) is 2. The van der Waals surface area contributed by atoms with Gasteiger partial charge in [0.1, 0.15) is 11.5 Å². The molecule has 12 nitrogen and oxygen atoms in total. The third-order valence-corrected chi connectivity index (χ3v) is 7.17. The van der Waals surface area contributed by atoms with Gasteiger partial charge in [0.2, 0.25) is 11.8 Å². The molecule has 0 saturated heterocycles. The van der Waals surface area contributed by atoms with E-state index in [1.165, 1.54) is 12.4 Å². The number of carbonyl (C=O) groups excluding carboxylic acids is 4. The number of carbonyl (C=O) groups is 4. The summed E-state index contributed by atoms with van der Waals surface area (Å²) >= 11 is 0. The first-order valence-electron chi connectivity index (χ1n) is 16.7. The Hall–Kier alpha value is -4.74. The van der Waals surface area contributed by atoms with Crippen molar-refractivity contribution in [1.82, 2.24) is 21.3 Å². The van der Waals surface area contributed by atoms with Gasteiger partial charge in [0, 0.05) is 45.8 Å². The van der Waals surface area contributed by atoms with Crippen LogP contribution in [-0.4, -0.2) is 70.7 Å². The molecular weight excluding hydrogens is 636 g/mol. The summed E-state index contributed by atoms with van der Waals surface area (Å²) in [5.74, 6) is -1.32. The van der Waals surface area contributed by atoms with Crippen molar-refractivity contribution in [2.75, 3.05) is 13.1 Å². The Balaban J connectivity index is 2.22. The summed E-state index contributed by atoms with van der Waals surface area (Å²) in [7, 11) is 0. The van der Waals surface area contributed by atoms with Crippen molar-refractivity contribution < 1.29 is 29.4 Å². The highest BCUT2D eigenvalue weighted by Gasteiger charge is 2.23. The minimum absolute atomic E-state index is 0.104. The Kier molecular flexibility index (Phi) is 13.5. The maximum Gasteiger partial charge on any atom is 0.321 e. The van der Waals surface area contributed by atoms with Crippen molar-refractivity contribution in [3.8, 4) is 11.5 Å². The molecule has 6 N–H and O–H groups in total. The first-order chi connectivity index (χ1) is 22.7. The summed E-state index contributed by atoms with van der Waals surface area (Å²) in [6.45, 7) is 23.4. The fraction of sp³-hybridized carbons (Fsp3) is 0.526. The number of urea groups is 2. The molecule has 2 rings (SSSR count). The number of amides is 6.